The van der Waals surface area contributed by atoms with Crippen LogP contribution in [0.2, 0.25) is 5.02 Å². The molecule has 0 atom stereocenters. The molecule has 0 unspecified atom stereocenters. The van der Waals surface area contributed by atoms with Crippen LogP contribution in [0.15, 0.2) is 66.2 Å². The quantitative estimate of drug-likeness (QED) is 0.294. The van der Waals surface area contributed by atoms with Gasteiger partial charge in [0, 0.05) is 17.0 Å². The molecule has 3 aromatic heterocycles. The van der Waals surface area contributed by atoms with Gasteiger partial charge >= 0.3 is 0 Å². The van der Waals surface area contributed by atoms with E-state index in [1.54, 1.807) is 35.8 Å². The fraction of sp³-hybridized carbons (Fsp3) is 0.0833. The Morgan fingerprint density at radius 3 is 2.68 bits per heavy atom. The van der Waals surface area contributed by atoms with Gasteiger partial charge in [0.25, 0.3) is 12.3 Å². The molecule has 10 heteroatoms. The number of para-hydroxylation sites is 1. The summed E-state index contributed by atoms with van der Waals surface area (Å²) >= 11 is 7.37. The summed E-state index contributed by atoms with van der Waals surface area (Å²) in [5.74, 6) is -0.724. The molecule has 34 heavy (non-hydrogen) atoms. The highest BCUT2D eigenvalue weighted by atomic mass is 35.5. The summed E-state index contributed by atoms with van der Waals surface area (Å²) in [6, 6.07) is 16.1. The van der Waals surface area contributed by atoms with Crippen molar-refractivity contribution >= 4 is 44.7 Å². The third-order valence-electron chi connectivity index (χ3n) is 5.25. The van der Waals surface area contributed by atoms with Crippen molar-refractivity contribution in [2.45, 2.75) is 13.3 Å². The number of carbonyl (C=O) groups excluding carboxylic acids is 1. The Morgan fingerprint density at radius 1 is 1.12 bits per heavy atom. The van der Waals surface area contributed by atoms with Gasteiger partial charge in [0.1, 0.15) is 11.4 Å². The Morgan fingerprint density at radius 2 is 1.88 bits per heavy atom. The predicted molar refractivity (Wildman–Crippen MR) is 129 cm³/mol. The van der Waals surface area contributed by atoms with Gasteiger partial charge in [-0.15, -0.1) is 11.3 Å². The summed E-state index contributed by atoms with van der Waals surface area (Å²) in [6.45, 7) is 1.50. The van der Waals surface area contributed by atoms with Crippen molar-refractivity contribution in [3.8, 4) is 17.1 Å². The second-order valence-electron chi connectivity index (χ2n) is 7.38. The van der Waals surface area contributed by atoms with Crippen LogP contribution in [0.1, 0.15) is 28.2 Å². The summed E-state index contributed by atoms with van der Waals surface area (Å²) in [5.41, 5.74) is 0.923. The van der Waals surface area contributed by atoms with Crippen LogP contribution in [0.4, 0.5) is 13.9 Å². The number of carbonyl (C=O) groups is 1. The molecule has 2 aromatic carbocycles. The van der Waals surface area contributed by atoms with Crippen LogP contribution in [-0.2, 0) is 0 Å². The predicted octanol–water partition coefficient (Wildman–Crippen LogP) is 6.70. The van der Waals surface area contributed by atoms with Gasteiger partial charge < -0.3 is 0 Å². The lowest BCUT2D eigenvalue weighted by atomic mass is 10.1. The van der Waals surface area contributed by atoms with Gasteiger partial charge in [-0.2, -0.15) is 5.10 Å². The van der Waals surface area contributed by atoms with E-state index >= 15 is 0 Å². The number of halogens is 3. The number of thiazole rings is 1. The molecule has 0 bridgehead atoms. The minimum absolute atomic E-state index is 0.153. The fourth-order valence-electron chi connectivity index (χ4n) is 3.76. The monoisotopic (exact) mass is 495 g/mol. The lowest BCUT2D eigenvalue weighted by Crippen LogP contribution is -2.15. The van der Waals surface area contributed by atoms with Crippen molar-refractivity contribution in [3.05, 3.63) is 88.1 Å². The van der Waals surface area contributed by atoms with E-state index in [1.165, 1.54) is 18.3 Å². The third kappa shape index (κ3) is 3.93. The smallest absolute Gasteiger partial charge is 0.281 e. The van der Waals surface area contributed by atoms with Crippen molar-refractivity contribution in [1.82, 2.24) is 19.7 Å². The molecule has 0 aliphatic rings. The Bertz CT molecular complexity index is 1530. The number of hydrogen-bond acceptors (Lipinski definition) is 5. The van der Waals surface area contributed by atoms with Crippen LogP contribution in [-0.4, -0.2) is 25.7 Å². The number of amides is 1. The number of hydrogen-bond donors (Lipinski definition) is 1. The average Bonchev–Trinajstić information content (AvgIpc) is 3.43. The molecule has 1 amide bonds. The second-order valence-corrected chi connectivity index (χ2v) is 8.65. The van der Waals surface area contributed by atoms with E-state index in [-0.39, 0.29) is 27.1 Å². The summed E-state index contributed by atoms with van der Waals surface area (Å²) in [7, 11) is 0. The first-order chi connectivity index (χ1) is 16.4. The van der Waals surface area contributed by atoms with Crippen molar-refractivity contribution in [3.63, 3.8) is 0 Å². The largest absolute Gasteiger partial charge is 0.298 e. The number of nitrogens with one attached hydrogen (secondary N) is 1. The number of rotatable bonds is 5. The molecule has 5 rings (SSSR count). The average molecular weight is 496 g/mol. The molecule has 1 N–H and O–H groups in total. The van der Waals surface area contributed by atoms with E-state index < -0.39 is 18.0 Å². The molecular formula is C24H16ClF2N5OS. The van der Waals surface area contributed by atoms with E-state index in [1.807, 2.05) is 30.3 Å². The number of nitrogens with zero attached hydrogens (tertiary/aromatic N) is 4. The van der Waals surface area contributed by atoms with Gasteiger partial charge in [-0.25, -0.2) is 18.4 Å². The number of aryl methyl sites for hydroxylation is 1. The minimum atomic E-state index is -2.95. The summed E-state index contributed by atoms with van der Waals surface area (Å²) in [4.78, 5) is 22.0. The molecule has 0 fully saturated rings. The summed E-state index contributed by atoms with van der Waals surface area (Å²) < 4.78 is 29.2. The molecule has 3 heterocycles. The number of anilines is 1. The Kier molecular flexibility index (Phi) is 5.80. The van der Waals surface area contributed by atoms with Crippen molar-refractivity contribution < 1.29 is 13.6 Å². The zero-order valence-corrected chi connectivity index (χ0v) is 19.2. The Labute approximate surface area is 201 Å². The normalized spacial score (nSPS) is 11.3. The maximum Gasteiger partial charge on any atom is 0.281 e. The van der Waals surface area contributed by atoms with Crippen LogP contribution in [0, 0.1) is 6.92 Å². The van der Waals surface area contributed by atoms with E-state index in [4.69, 9.17) is 11.6 Å². The molecule has 0 aliphatic heterocycles. The van der Waals surface area contributed by atoms with Gasteiger partial charge in [0.15, 0.2) is 5.13 Å². The van der Waals surface area contributed by atoms with Gasteiger partial charge in [-0.3, -0.25) is 15.1 Å². The molecule has 0 saturated heterocycles. The molecular weight excluding hydrogens is 480 g/mol. The topological polar surface area (TPSA) is 72.7 Å². The van der Waals surface area contributed by atoms with Crippen LogP contribution >= 0.6 is 22.9 Å². The molecule has 0 spiro atoms. The molecule has 6 nitrogen and oxygen atoms in total. The summed E-state index contributed by atoms with van der Waals surface area (Å²) in [5, 5.41) is 11.0. The molecule has 0 aliphatic carbocycles. The van der Waals surface area contributed by atoms with Crippen molar-refractivity contribution in [2.24, 2.45) is 0 Å². The molecule has 5 aromatic rings. The van der Waals surface area contributed by atoms with Crippen molar-refractivity contribution in [2.75, 3.05) is 5.32 Å². The highest BCUT2D eigenvalue weighted by Gasteiger charge is 2.29. The first kappa shape index (κ1) is 22.1. The van der Waals surface area contributed by atoms with Crippen molar-refractivity contribution in [1.29, 1.82) is 0 Å². The Hall–Kier alpha value is -3.69. The lowest BCUT2D eigenvalue weighted by molar-refractivity contribution is 0.100. The van der Waals surface area contributed by atoms with Crippen LogP contribution in [0.5, 0.6) is 0 Å². The van der Waals surface area contributed by atoms with E-state index in [2.05, 4.69) is 20.4 Å². The number of benzene rings is 2. The zero-order valence-electron chi connectivity index (χ0n) is 17.7. The molecule has 170 valence electrons. The maximum atomic E-state index is 14.1. The fourth-order valence-corrected chi connectivity index (χ4v) is 4.66. The first-order valence-electron chi connectivity index (χ1n) is 10.2. The third-order valence-corrected chi connectivity index (χ3v) is 6.33. The van der Waals surface area contributed by atoms with Gasteiger partial charge in [0.2, 0.25) is 0 Å². The SMILES string of the molecule is Cc1nn(-c2ccccc2Cl)c(C(F)F)c1C(=O)Nc1nc(-c2nccc3ccccc23)cs1. The second kappa shape index (κ2) is 8.92. The first-order valence-corrected chi connectivity index (χ1v) is 11.4. The maximum absolute atomic E-state index is 14.1. The Balaban J connectivity index is 1.49. The zero-order chi connectivity index (χ0) is 23.8. The van der Waals surface area contributed by atoms with Gasteiger partial charge in [0.05, 0.1) is 27.7 Å². The standard InChI is InChI=1S/C24H16ClF2N5OS/c1-13-19(21(22(26)27)32(31-13)18-9-5-4-8-16(18)25)23(33)30-24-29-17(12-34-24)20-15-7-3-2-6-14(15)10-11-28-20/h2-12,22H,1H3,(H,29,30,33). The summed E-state index contributed by atoms with van der Waals surface area (Å²) in [6.07, 6.45) is -1.26. The molecule has 0 saturated carbocycles. The number of aromatic nitrogens is 4. The number of alkyl halides is 2. The van der Waals surface area contributed by atoms with E-state index in [9.17, 15) is 13.6 Å². The van der Waals surface area contributed by atoms with Gasteiger partial charge in [-0.05, 0) is 30.5 Å². The lowest BCUT2D eigenvalue weighted by Gasteiger charge is -2.10. The van der Waals surface area contributed by atoms with E-state index in [0.29, 0.717) is 11.4 Å². The molecule has 0 radical (unpaired) electrons. The minimum Gasteiger partial charge on any atom is -0.298 e. The van der Waals surface area contributed by atoms with Crippen LogP contribution in [0.25, 0.3) is 27.8 Å². The number of fused-ring (bicyclic) bond motifs is 1. The van der Waals surface area contributed by atoms with Crippen LogP contribution < -0.4 is 5.32 Å². The highest BCUT2D eigenvalue weighted by molar-refractivity contribution is 7.14. The van der Waals surface area contributed by atoms with E-state index in [0.717, 1.165) is 15.5 Å². The highest BCUT2D eigenvalue weighted by Crippen LogP contribution is 2.33. The number of pyridine rings is 1. The van der Waals surface area contributed by atoms with Crippen LogP contribution in [0.3, 0.4) is 0 Å². The van der Waals surface area contributed by atoms with Gasteiger partial charge in [-0.1, -0.05) is 48.0 Å².